The molecular weight excluding hydrogens is 305 g/mol. The van der Waals surface area contributed by atoms with E-state index in [4.69, 9.17) is 0 Å². The van der Waals surface area contributed by atoms with Gasteiger partial charge in [-0.2, -0.15) is 5.10 Å². The van der Waals surface area contributed by atoms with Crippen molar-refractivity contribution in [1.82, 2.24) is 14.7 Å². The molecule has 0 N–H and O–H groups in total. The van der Waals surface area contributed by atoms with Crippen molar-refractivity contribution >= 4 is 5.91 Å². The van der Waals surface area contributed by atoms with E-state index >= 15 is 0 Å². The smallest absolute Gasteiger partial charge is 0.226 e. The van der Waals surface area contributed by atoms with Crippen LogP contribution in [0.4, 0.5) is 4.39 Å². The molecule has 0 radical (unpaired) electrons. The summed E-state index contributed by atoms with van der Waals surface area (Å²) in [5.41, 5.74) is 0.691. The van der Waals surface area contributed by atoms with Gasteiger partial charge in [0.2, 0.25) is 5.91 Å². The van der Waals surface area contributed by atoms with Crippen molar-refractivity contribution in [2.75, 3.05) is 6.54 Å². The average Bonchev–Trinajstić information content (AvgIpc) is 3.23. The molecule has 2 fully saturated rings. The van der Waals surface area contributed by atoms with Crippen LogP contribution in [0.3, 0.4) is 0 Å². The Morgan fingerprint density at radius 2 is 2.12 bits per heavy atom. The van der Waals surface area contributed by atoms with Crippen LogP contribution in [-0.4, -0.2) is 33.2 Å². The standard InChI is InChI=1S/C19H22FN3O/c20-18-8-2-1-7-15(18)16-12-17(16)19(24)23-11-4-3-6-14(23)13-22-10-5-9-21-22/h1-2,5,7-10,14,16-17H,3-4,6,11-13H2/t14-,16-,17-/m1/s1. The Morgan fingerprint density at radius 1 is 1.25 bits per heavy atom. The highest BCUT2D eigenvalue weighted by Crippen LogP contribution is 2.49. The van der Waals surface area contributed by atoms with E-state index < -0.39 is 0 Å². The van der Waals surface area contributed by atoms with Crippen molar-refractivity contribution in [3.05, 3.63) is 54.1 Å². The van der Waals surface area contributed by atoms with E-state index in [9.17, 15) is 9.18 Å². The second kappa shape index (κ2) is 6.38. The number of rotatable bonds is 4. The number of aromatic nitrogens is 2. The van der Waals surface area contributed by atoms with Crippen molar-refractivity contribution < 1.29 is 9.18 Å². The Bertz CT molecular complexity index is 715. The molecule has 0 unspecified atom stereocenters. The molecule has 3 atom stereocenters. The molecule has 1 aliphatic carbocycles. The zero-order valence-electron chi connectivity index (χ0n) is 13.6. The molecule has 0 spiro atoms. The molecule has 4 nitrogen and oxygen atoms in total. The highest BCUT2D eigenvalue weighted by molar-refractivity contribution is 5.83. The van der Waals surface area contributed by atoms with Crippen LogP contribution in [0, 0.1) is 11.7 Å². The van der Waals surface area contributed by atoms with E-state index in [0.29, 0.717) is 5.56 Å². The maximum Gasteiger partial charge on any atom is 0.226 e. The fourth-order valence-electron chi connectivity index (χ4n) is 3.91. The van der Waals surface area contributed by atoms with Gasteiger partial charge in [-0.1, -0.05) is 18.2 Å². The van der Waals surface area contributed by atoms with Gasteiger partial charge in [0.05, 0.1) is 12.6 Å². The SMILES string of the molecule is O=C([C@@H]1C[C@@H]1c1ccccc1F)N1CCCC[C@@H]1Cn1cccn1. The normalized spacial score (nSPS) is 26.4. The van der Waals surface area contributed by atoms with E-state index in [1.165, 1.54) is 6.07 Å². The lowest BCUT2D eigenvalue weighted by Crippen LogP contribution is -2.46. The first-order valence-corrected chi connectivity index (χ1v) is 8.76. The summed E-state index contributed by atoms with van der Waals surface area (Å²) in [7, 11) is 0. The second-order valence-electron chi connectivity index (χ2n) is 6.88. The number of piperidine rings is 1. The quantitative estimate of drug-likeness (QED) is 0.865. The molecule has 0 bridgehead atoms. The van der Waals surface area contributed by atoms with Gasteiger partial charge in [-0.15, -0.1) is 0 Å². The molecule has 1 aliphatic heterocycles. The summed E-state index contributed by atoms with van der Waals surface area (Å²) in [6.07, 6.45) is 7.70. The Labute approximate surface area is 141 Å². The van der Waals surface area contributed by atoms with Crippen molar-refractivity contribution in [3.8, 4) is 0 Å². The predicted molar refractivity (Wildman–Crippen MR) is 88.8 cm³/mol. The fraction of sp³-hybridized carbons (Fsp3) is 0.474. The molecule has 24 heavy (non-hydrogen) atoms. The minimum atomic E-state index is -0.190. The van der Waals surface area contributed by atoms with Gasteiger partial charge in [-0.05, 0) is 49.3 Å². The Kier molecular flexibility index (Phi) is 4.08. The number of amides is 1. The molecule has 1 saturated carbocycles. The second-order valence-corrected chi connectivity index (χ2v) is 6.88. The Hall–Kier alpha value is -2.17. The van der Waals surface area contributed by atoms with E-state index in [2.05, 4.69) is 5.10 Å². The van der Waals surface area contributed by atoms with Gasteiger partial charge in [-0.3, -0.25) is 9.48 Å². The minimum absolute atomic E-state index is 0.0472. The van der Waals surface area contributed by atoms with Gasteiger partial charge in [0.25, 0.3) is 0 Å². The molecule has 1 aromatic heterocycles. The van der Waals surface area contributed by atoms with E-state index in [1.807, 2.05) is 34.0 Å². The summed E-state index contributed by atoms with van der Waals surface area (Å²) in [6.45, 7) is 1.56. The van der Waals surface area contributed by atoms with Crippen molar-refractivity contribution in [2.24, 2.45) is 5.92 Å². The molecule has 4 rings (SSSR count). The summed E-state index contributed by atoms with van der Waals surface area (Å²) >= 11 is 0. The number of hydrogen-bond donors (Lipinski definition) is 0. The van der Waals surface area contributed by atoms with Gasteiger partial charge in [0.15, 0.2) is 0 Å². The van der Waals surface area contributed by atoms with Gasteiger partial charge in [0, 0.05) is 24.9 Å². The third kappa shape index (κ3) is 2.95. The molecule has 1 aromatic carbocycles. The summed E-state index contributed by atoms with van der Waals surface area (Å²) in [5, 5.41) is 4.27. The van der Waals surface area contributed by atoms with E-state index in [-0.39, 0.29) is 29.6 Å². The molecule has 2 aromatic rings. The maximum atomic E-state index is 14.0. The molecule has 126 valence electrons. The Balaban J connectivity index is 1.46. The number of carbonyl (C=O) groups is 1. The summed E-state index contributed by atoms with van der Waals surface area (Å²) in [4.78, 5) is 15.0. The largest absolute Gasteiger partial charge is 0.338 e. The number of carbonyl (C=O) groups excluding carboxylic acids is 1. The van der Waals surface area contributed by atoms with Crippen molar-refractivity contribution in [3.63, 3.8) is 0 Å². The number of halogens is 1. The predicted octanol–water partition coefficient (Wildman–Crippen LogP) is 3.21. The van der Waals surface area contributed by atoms with Crippen molar-refractivity contribution in [1.29, 1.82) is 0 Å². The highest BCUT2D eigenvalue weighted by Gasteiger charge is 2.48. The van der Waals surface area contributed by atoms with Crippen LogP contribution in [0.1, 0.15) is 37.2 Å². The molecule has 2 aliphatic rings. The number of nitrogens with zero attached hydrogens (tertiary/aromatic N) is 3. The van der Waals surface area contributed by atoms with Crippen LogP contribution in [0.25, 0.3) is 0 Å². The molecule has 5 heteroatoms. The number of hydrogen-bond acceptors (Lipinski definition) is 2. The lowest BCUT2D eigenvalue weighted by molar-refractivity contribution is -0.136. The third-order valence-electron chi connectivity index (χ3n) is 5.28. The monoisotopic (exact) mass is 327 g/mol. The number of benzene rings is 1. The van der Waals surface area contributed by atoms with Gasteiger partial charge in [0.1, 0.15) is 5.82 Å². The first-order chi connectivity index (χ1) is 11.7. The summed E-state index contributed by atoms with van der Waals surface area (Å²) < 4.78 is 15.9. The average molecular weight is 327 g/mol. The van der Waals surface area contributed by atoms with Crippen molar-refractivity contribution in [2.45, 2.75) is 44.2 Å². The van der Waals surface area contributed by atoms with E-state index in [1.54, 1.807) is 12.3 Å². The maximum absolute atomic E-state index is 14.0. The fourth-order valence-corrected chi connectivity index (χ4v) is 3.91. The first-order valence-electron chi connectivity index (χ1n) is 8.76. The summed E-state index contributed by atoms with van der Waals surface area (Å²) in [5.74, 6) is -0.00394. The van der Waals surface area contributed by atoms with Crippen LogP contribution in [0.5, 0.6) is 0 Å². The van der Waals surface area contributed by atoms with Gasteiger partial charge < -0.3 is 4.90 Å². The van der Waals surface area contributed by atoms with Crippen LogP contribution >= 0.6 is 0 Å². The molecular formula is C19H22FN3O. The van der Waals surface area contributed by atoms with Crippen LogP contribution in [0.15, 0.2) is 42.7 Å². The van der Waals surface area contributed by atoms with Gasteiger partial charge in [-0.25, -0.2) is 4.39 Å². The summed E-state index contributed by atoms with van der Waals surface area (Å²) in [6, 6.07) is 8.95. The molecule has 2 heterocycles. The van der Waals surface area contributed by atoms with Crippen LogP contribution < -0.4 is 0 Å². The lowest BCUT2D eigenvalue weighted by atomic mass is 10.0. The lowest BCUT2D eigenvalue weighted by Gasteiger charge is -2.36. The highest BCUT2D eigenvalue weighted by atomic mass is 19.1. The van der Waals surface area contributed by atoms with Crippen LogP contribution in [-0.2, 0) is 11.3 Å². The van der Waals surface area contributed by atoms with Gasteiger partial charge >= 0.3 is 0 Å². The number of likely N-dealkylation sites (tertiary alicyclic amines) is 1. The van der Waals surface area contributed by atoms with E-state index in [0.717, 1.165) is 38.8 Å². The topological polar surface area (TPSA) is 38.1 Å². The molecule has 1 saturated heterocycles. The van der Waals surface area contributed by atoms with Crippen LogP contribution in [0.2, 0.25) is 0 Å². The minimum Gasteiger partial charge on any atom is -0.338 e. The molecule has 1 amide bonds. The zero-order valence-corrected chi connectivity index (χ0v) is 13.6. The first kappa shape index (κ1) is 15.4. The third-order valence-corrected chi connectivity index (χ3v) is 5.28. The zero-order chi connectivity index (χ0) is 16.5. The Morgan fingerprint density at radius 3 is 2.92 bits per heavy atom.